The van der Waals surface area contributed by atoms with Crippen molar-refractivity contribution in [2.45, 2.75) is 38.6 Å². The number of ether oxygens (including phenoxy) is 3. The molecule has 2 aliphatic heterocycles. The number of rotatable bonds is 11. The Morgan fingerprint density at radius 2 is 2.00 bits per heavy atom. The van der Waals surface area contributed by atoms with Crippen molar-refractivity contribution < 1.29 is 33.4 Å². The lowest BCUT2D eigenvalue weighted by atomic mass is 10.1. The molecule has 0 bridgehead atoms. The Labute approximate surface area is 251 Å². The van der Waals surface area contributed by atoms with E-state index < -0.39 is 11.9 Å². The Kier molecular flexibility index (Phi) is 9.04. The number of nitrogens with zero attached hydrogens (tertiary/aromatic N) is 4. The molecule has 14 heteroatoms. The Balaban J connectivity index is 1.12. The first-order chi connectivity index (χ1) is 20.8. The highest BCUT2D eigenvalue weighted by atomic mass is 32.1. The molecule has 5 rings (SSSR count). The van der Waals surface area contributed by atoms with Crippen LogP contribution in [0.3, 0.4) is 0 Å². The maximum atomic E-state index is 13.0. The number of carbonyl (C=O) groups is 4. The van der Waals surface area contributed by atoms with Gasteiger partial charge in [-0.05, 0) is 38.3 Å². The van der Waals surface area contributed by atoms with Crippen LogP contribution >= 0.6 is 11.3 Å². The van der Waals surface area contributed by atoms with Crippen molar-refractivity contribution in [3.63, 3.8) is 0 Å². The topological polar surface area (TPSA) is 153 Å². The van der Waals surface area contributed by atoms with Crippen molar-refractivity contribution in [2.75, 3.05) is 37.5 Å². The fourth-order valence-corrected chi connectivity index (χ4v) is 5.58. The van der Waals surface area contributed by atoms with Crippen LogP contribution in [0.25, 0.3) is 0 Å². The van der Waals surface area contributed by atoms with Crippen LogP contribution in [0.5, 0.6) is 11.5 Å². The van der Waals surface area contributed by atoms with E-state index >= 15 is 0 Å². The first-order valence-corrected chi connectivity index (χ1v) is 14.8. The summed E-state index contributed by atoms with van der Waals surface area (Å²) < 4.78 is 17.9. The van der Waals surface area contributed by atoms with E-state index in [1.807, 2.05) is 11.1 Å². The molecule has 1 saturated heterocycles. The first-order valence-electron chi connectivity index (χ1n) is 13.9. The van der Waals surface area contributed by atoms with Gasteiger partial charge in [-0.1, -0.05) is 0 Å². The predicted molar refractivity (Wildman–Crippen MR) is 160 cm³/mol. The minimum absolute atomic E-state index is 0.00729. The van der Waals surface area contributed by atoms with Crippen molar-refractivity contribution in [2.24, 2.45) is 12.0 Å². The smallest absolute Gasteiger partial charge is 0.357 e. The highest BCUT2D eigenvalue weighted by molar-refractivity contribution is 7.14. The summed E-state index contributed by atoms with van der Waals surface area (Å²) in [5.74, 6) is -0.440. The third-order valence-corrected chi connectivity index (χ3v) is 7.75. The Morgan fingerprint density at radius 1 is 1.16 bits per heavy atom. The number of aromatic nitrogens is 2. The Bertz CT molecular complexity index is 1580. The molecule has 0 radical (unpaired) electrons. The van der Waals surface area contributed by atoms with Gasteiger partial charge in [-0.15, -0.1) is 11.3 Å². The van der Waals surface area contributed by atoms with Gasteiger partial charge in [-0.25, -0.2) is 9.78 Å². The molecule has 2 N–H and O–H groups in total. The third kappa shape index (κ3) is 6.69. The van der Waals surface area contributed by atoms with E-state index in [-0.39, 0.29) is 48.3 Å². The van der Waals surface area contributed by atoms with E-state index in [2.05, 4.69) is 20.6 Å². The molecule has 0 spiro atoms. The normalized spacial score (nSPS) is 15.4. The summed E-state index contributed by atoms with van der Waals surface area (Å²) in [5.41, 5.74) is 1.89. The molecule has 1 fully saturated rings. The number of esters is 1. The minimum Gasteiger partial charge on any atom is -0.493 e. The van der Waals surface area contributed by atoms with Crippen LogP contribution in [0.4, 0.5) is 16.5 Å². The van der Waals surface area contributed by atoms with Crippen molar-refractivity contribution in [1.29, 1.82) is 0 Å². The van der Waals surface area contributed by atoms with E-state index in [0.29, 0.717) is 47.1 Å². The number of carbonyl (C=O) groups excluding carboxylic acids is 4. The van der Waals surface area contributed by atoms with Crippen LogP contribution in [0.15, 0.2) is 34.8 Å². The molecule has 3 amide bonds. The van der Waals surface area contributed by atoms with Gasteiger partial charge in [-0.2, -0.15) is 0 Å². The number of thiazole rings is 1. The molecule has 0 aliphatic carbocycles. The SMILES string of the molecule is CCOC(=O)c1csc(NC(=O)c2cc(NC(=O)CCCOc3cc4c(cc3OC)C(=O)N3CCCC3C=N4)cn2C)n1. The molecule has 13 nitrogen and oxygen atoms in total. The molecule has 1 unspecified atom stereocenters. The zero-order chi connectivity index (χ0) is 30.5. The first kappa shape index (κ1) is 29.8. The van der Waals surface area contributed by atoms with Crippen LogP contribution in [-0.2, 0) is 16.6 Å². The van der Waals surface area contributed by atoms with Crippen molar-refractivity contribution in [3.8, 4) is 11.5 Å². The summed E-state index contributed by atoms with van der Waals surface area (Å²) >= 11 is 1.11. The second kappa shape index (κ2) is 13.1. The highest BCUT2D eigenvalue weighted by Crippen LogP contribution is 2.38. The van der Waals surface area contributed by atoms with Gasteiger partial charge in [0.2, 0.25) is 5.91 Å². The molecule has 0 saturated carbocycles. The van der Waals surface area contributed by atoms with E-state index in [4.69, 9.17) is 14.2 Å². The molecule has 4 heterocycles. The van der Waals surface area contributed by atoms with Gasteiger partial charge >= 0.3 is 5.97 Å². The van der Waals surface area contributed by atoms with Gasteiger partial charge < -0.3 is 29.0 Å². The van der Waals surface area contributed by atoms with Gasteiger partial charge in [0, 0.05) is 43.9 Å². The van der Waals surface area contributed by atoms with Crippen LogP contribution in [0.1, 0.15) is 63.9 Å². The largest absolute Gasteiger partial charge is 0.493 e. The summed E-state index contributed by atoms with van der Waals surface area (Å²) in [6.45, 7) is 2.87. The van der Waals surface area contributed by atoms with Crippen LogP contribution in [-0.4, -0.2) is 77.3 Å². The molecular formula is C29H32N6O7S. The summed E-state index contributed by atoms with van der Waals surface area (Å²) in [5, 5.41) is 7.21. The lowest BCUT2D eigenvalue weighted by molar-refractivity contribution is -0.116. The number of nitrogens with one attached hydrogen (secondary N) is 2. The quantitative estimate of drug-likeness (QED) is 0.244. The third-order valence-electron chi connectivity index (χ3n) is 6.99. The number of benzene rings is 1. The number of hydrogen-bond acceptors (Lipinski definition) is 10. The minimum atomic E-state index is -0.559. The second-order valence-corrected chi connectivity index (χ2v) is 10.8. The molecule has 1 aromatic carbocycles. The number of aryl methyl sites for hydroxylation is 1. The molecule has 43 heavy (non-hydrogen) atoms. The van der Waals surface area contributed by atoms with Gasteiger partial charge in [0.1, 0.15) is 5.69 Å². The zero-order valence-corrected chi connectivity index (χ0v) is 24.9. The lowest BCUT2D eigenvalue weighted by Gasteiger charge is -2.20. The van der Waals surface area contributed by atoms with Crippen molar-refractivity contribution in [1.82, 2.24) is 14.5 Å². The monoisotopic (exact) mass is 608 g/mol. The fourth-order valence-electron chi connectivity index (χ4n) is 4.91. The molecule has 1 atom stereocenters. The molecular weight excluding hydrogens is 576 g/mol. The van der Waals surface area contributed by atoms with E-state index in [1.165, 1.54) is 12.5 Å². The van der Waals surface area contributed by atoms with E-state index in [1.54, 1.807) is 42.9 Å². The van der Waals surface area contributed by atoms with E-state index in [0.717, 1.165) is 24.2 Å². The molecule has 2 aliphatic rings. The lowest BCUT2D eigenvalue weighted by Crippen LogP contribution is -2.35. The summed E-state index contributed by atoms with van der Waals surface area (Å²) in [6, 6.07) is 4.92. The van der Waals surface area contributed by atoms with Gasteiger partial charge in [0.05, 0.1) is 43.3 Å². The Morgan fingerprint density at radius 3 is 2.79 bits per heavy atom. The summed E-state index contributed by atoms with van der Waals surface area (Å²) in [6.07, 6.45) is 5.89. The zero-order valence-electron chi connectivity index (χ0n) is 24.0. The fraction of sp³-hybridized carbons (Fsp3) is 0.379. The van der Waals surface area contributed by atoms with Gasteiger partial charge in [-0.3, -0.25) is 24.7 Å². The summed E-state index contributed by atoms with van der Waals surface area (Å²) in [4.78, 5) is 60.7. The van der Waals surface area contributed by atoms with Gasteiger partial charge in [0.15, 0.2) is 22.3 Å². The highest BCUT2D eigenvalue weighted by Gasteiger charge is 2.32. The number of anilines is 2. The Hall–Kier alpha value is -4.72. The maximum Gasteiger partial charge on any atom is 0.357 e. The average Bonchev–Trinajstić information content (AvgIpc) is 3.72. The number of amides is 3. The molecule has 2 aromatic heterocycles. The van der Waals surface area contributed by atoms with Crippen molar-refractivity contribution >= 4 is 57.7 Å². The standard InChI is InChI=1S/C29H32N6O7S/c1-4-41-28(39)21-16-43-29(32-21)33-26(37)22-11-17(15-34(22)2)31-25(36)8-6-10-42-24-13-20-19(12-23(24)40-3)27(38)35-9-5-7-18(35)14-30-20/h11-16,18H,4-10H2,1-3H3,(H,31,36)(H,32,33,37). The average molecular weight is 609 g/mol. The number of fused-ring (bicyclic) bond motifs is 2. The van der Waals surface area contributed by atoms with E-state index in [9.17, 15) is 19.2 Å². The van der Waals surface area contributed by atoms with Crippen molar-refractivity contribution in [3.05, 3.63) is 46.7 Å². The second-order valence-electron chi connectivity index (χ2n) is 9.94. The molecule has 226 valence electrons. The number of aliphatic imine (C=N–C) groups is 1. The predicted octanol–water partition coefficient (Wildman–Crippen LogP) is 4.04. The van der Waals surface area contributed by atoms with Gasteiger partial charge in [0.25, 0.3) is 11.8 Å². The van der Waals surface area contributed by atoms with Crippen LogP contribution in [0, 0.1) is 0 Å². The summed E-state index contributed by atoms with van der Waals surface area (Å²) in [7, 11) is 3.19. The number of methoxy groups -OCH3 is 1. The van der Waals surface area contributed by atoms with Crippen LogP contribution < -0.4 is 20.1 Å². The van der Waals surface area contributed by atoms with Crippen LogP contribution in [0.2, 0.25) is 0 Å². The molecule has 3 aromatic rings. The number of hydrogen-bond donors (Lipinski definition) is 2. The maximum absolute atomic E-state index is 13.0.